The smallest absolute Gasteiger partial charge is 0.149 e. The Kier molecular flexibility index (Phi) is 4.96. The van der Waals surface area contributed by atoms with E-state index in [1.54, 1.807) is 12.4 Å². The molecular formula is C11H19ClN4. The second-order valence-corrected chi connectivity index (χ2v) is 4.14. The number of hydrogen-bond donors (Lipinski definition) is 1. The van der Waals surface area contributed by atoms with Crippen LogP contribution in [0.25, 0.3) is 0 Å². The highest BCUT2D eigenvalue weighted by atomic mass is 35.5. The van der Waals surface area contributed by atoms with Gasteiger partial charge < -0.3 is 10.2 Å². The molecule has 0 aliphatic carbocycles. The molecule has 5 heteroatoms. The Morgan fingerprint density at radius 2 is 2.19 bits per heavy atom. The molecule has 1 unspecified atom stereocenters. The minimum Gasteiger partial charge on any atom is -0.357 e. The van der Waals surface area contributed by atoms with E-state index >= 15 is 0 Å². The van der Waals surface area contributed by atoms with E-state index in [9.17, 15) is 0 Å². The van der Waals surface area contributed by atoms with E-state index in [1.165, 1.54) is 12.8 Å². The maximum atomic E-state index is 4.36. The number of nitrogens with one attached hydrogen (secondary N) is 1. The lowest BCUT2D eigenvalue weighted by Gasteiger charge is -2.23. The van der Waals surface area contributed by atoms with Crippen molar-refractivity contribution in [3.8, 4) is 0 Å². The van der Waals surface area contributed by atoms with Gasteiger partial charge in [0.1, 0.15) is 5.82 Å². The SMILES string of the molecule is Cc1nccnc1N(C)CC1CCCN1.Cl. The Morgan fingerprint density at radius 1 is 1.44 bits per heavy atom. The summed E-state index contributed by atoms with van der Waals surface area (Å²) in [5, 5.41) is 3.49. The van der Waals surface area contributed by atoms with Gasteiger partial charge in [0, 0.05) is 32.0 Å². The van der Waals surface area contributed by atoms with Gasteiger partial charge in [0.05, 0.1) is 5.69 Å². The van der Waals surface area contributed by atoms with Crippen LogP contribution in [0.3, 0.4) is 0 Å². The number of hydrogen-bond acceptors (Lipinski definition) is 4. The first kappa shape index (κ1) is 13.2. The van der Waals surface area contributed by atoms with Crippen LogP contribution in [-0.4, -0.2) is 36.1 Å². The number of rotatable bonds is 3. The Morgan fingerprint density at radius 3 is 2.81 bits per heavy atom. The molecule has 0 aromatic carbocycles. The highest BCUT2D eigenvalue weighted by Crippen LogP contribution is 2.14. The Bertz CT molecular complexity index is 326. The predicted octanol–water partition coefficient (Wildman–Crippen LogP) is 1.40. The molecule has 90 valence electrons. The minimum atomic E-state index is 0. The molecule has 0 radical (unpaired) electrons. The van der Waals surface area contributed by atoms with Crippen LogP contribution in [-0.2, 0) is 0 Å². The van der Waals surface area contributed by atoms with E-state index in [0.29, 0.717) is 6.04 Å². The molecule has 1 aliphatic heterocycles. The zero-order chi connectivity index (χ0) is 10.7. The largest absolute Gasteiger partial charge is 0.357 e. The lowest BCUT2D eigenvalue weighted by Crippen LogP contribution is -2.36. The van der Waals surface area contributed by atoms with E-state index in [1.807, 2.05) is 6.92 Å². The highest BCUT2D eigenvalue weighted by molar-refractivity contribution is 5.85. The van der Waals surface area contributed by atoms with Crippen LogP contribution in [0.5, 0.6) is 0 Å². The van der Waals surface area contributed by atoms with Crippen molar-refractivity contribution in [2.75, 3.05) is 25.0 Å². The first-order chi connectivity index (χ1) is 7.27. The molecule has 1 N–H and O–H groups in total. The summed E-state index contributed by atoms with van der Waals surface area (Å²) in [5.74, 6) is 0.992. The van der Waals surface area contributed by atoms with Crippen LogP contribution in [0, 0.1) is 6.92 Å². The Labute approximate surface area is 103 Å². The van der Waals surface area contributed by atoms with Crippen LogP contribution in [0.1, 0.15) is 18.5 Å². The van der Waals surface area contributed by atoms with Gasteiger partial charge >= 0.3 is 0 Å². The molecule has 2 heterocycles. The number of anilines is 1. The van der Waals surface area contributed by atoms with Gasteiger partial charge in [-0.25, -0.2) is 4.98 Å². The predicted molar refractivity (Wildman–Crippen MR) is 68.3 cm³/mol. The summed E-state index contributed by atoms with van der Waals surface area (Å²) in [6.45, 7) is 4.17. The van der Waals surface area contributed by atoms with Crippen LogP contribution in [0.15, 0.2) is 12.4 Å². The van der Waals surface area contributed by atoms with Crippen molar-refractivity contribution in [3.63, 3.8) is 0 Å². The van der Waals surface area contributed by atoms with Crippen molar-refractivity contribution in [1.29, 1.82) is 0 Å². The van der Waals surface area contributed by atoms with E-state index < -0.39 is 0 Å². The minimum absolute atomic E-state index is 0. The average molecular weight is 243 g/mol. The number of aromatic nitrogens is 2. The average Bonchev–Trinajstić information content (AvgIpc) is 2.71. The molecule has 1 fully saturated rings. The fourth-order valence-corrected chi connectivity index (χ4v) is 2.10. The van der Waals surface area contributed by atoms with Gasteiger partial charge in [-0.05, 0) is 26.3 Å². The fraction of sp³-hybridized carbons (Fsp3) is 0.636. The normalized spacial score (nSPS) is 19.2. The molecule has 1 atom stereocenters. The number of aryl methyl sites for hydroxylation is 1. The molecule has 0 spiro atoms. The first-order valence-corrected chi connectivity index (χ1v) is 5.49. The van der Waals surface area contributed by atoms with Gasteiger partial charge in [0.25, 0.3) is 0 Å². The van der Waals surface area contributed by atoms with Crippen molar-refractivity contribution in [1.82, 2.24) is 15.3 Å². The van der Waals surface area contributed by atoms with Crippen LogP contribution >= 0.6 is 12.4 Å². The van der Waals surface area contributed by atoms with Gasteiger partial charge in [-0.1, -0.05) is 0 Å². The topological polar surface area (TPSA) is 41.1 Å². The van der Waals surface area contributed by atoms with Crippen LogP contribution in [0.2, 0.25) is 0 Å². The third-order valence-electron chi connectivity index (χ3n) is 2.87. The maximum Gasteiger partial charge on any atom is 0.149 e. The second kappa shape index (κ2) is 6.01. The summed E-state index contributed by atoms with van der Waals surface area (Å²) in [6.07, 6.45) is 6.04. The summed E-state index contributed by atoms with van der Waals surface area (Å²) in [5.41, 5.74) is 0.998. The second-order valence-electron chi connectivity index (χ2n) is 4.14. The lowest BCUT2D eigenvalue weighted by atomic mass is 10.2. The molecular weight excluding hydrogens is 224 g/mol. The van der Waals surface area contributed by atoms with E-state index in [-0.39, 0.29) is 12.4 Å². The molecule has 0 saturated carbocycles. The van der Waals surface area contributed by atoms with E-state index in [4.69, 9.17) is 0 Å². The van der Waals surface area contributed by atoms with Crippen molar-refractivity contribution >= 4 is 18.2 Å². The monoisotopic (exact) mass is 242 g/mol. The molecule has 0 bridgehead atoms. The summed E-state index contributed by atoms with van der Waals surface area (Å²) in [6, 6.07) is 0.608. The first-order valence-electron chi connectivity index (χ1n) is 5.49. The van der Waals surface area contributed by atoms with Crippen LogP contribution in [0.4, 0.5) is 5.82 Å². The highest BCUT2D eigenvalue weighted by Gasteiger charge is 2.17. The summed E-state index contributed by atoms with van der Waals surface area (Å²) >= 11 is 0. The molecule has 1 aliphatic rings. The molecule has 16 heavy (non-hydrogen) atoms. The van der Waals surface area contributed by atoms with Crippen molar-refractivity contribution in [2.24, 2.45) is 0 Å². The van der Waals surface area contributed by atoms with E-state index in [0.717, 1.165) is 24.6 Å². The molecule has 1 saturated heterocycles. The summed E-state index contributed by atoms with van der Waals surface area (Å²) in [4.78, 5) is 10.8. The lowest BCUT2D eigenvalue weighted by molar-refractivity contribution is 0.596. The molecule has 1 aromatic heterocycles. The number of nitrogens with zero attached hydrogens (tertiary/aromatic N) is 3. The third-order valence-corrected chi connectivity index (χ3v) is 2.87. The molecule has 1 aromatic rings. The van der Waals surface area contributed by atoms with Crippen LogP contribution < -0.4 is 10.2 Å². The summed E-state index contributed by atoms with van der Waals surface area (Å²) in [7, 11) is 2.08. The molecule has 2 rings (SSSR count). The third kappa shape index (κ3) is 3.06. The Hall–Kier alpha value is -0.870. The maximum absolute atomic E-state index is 4.36. The summed E-state index contributed by atoms with van der Waals surface area (Å²) < 4.78 is 0. The fourth-order valence-electron chi connectivity index (χ4n) is 2.10. The number of halogens is 1. The van der Waals surface area contributed by atoms with Gasteiger partial charge in [0.2, 0.25) is 0 Å². The van der Waals surface area contributed by atoms with Gasteiger partial charge in [-0.15, -0.1) is 12.4 Å². The zero-order valence-corrected chi connectivity index (χ0v) is 10.6. The molecule has 4 nitrogen and oxygen atoms in total. The van der Waals surface area contributed by atoms with Gasteiger partial charge in [-0.3, -0.25) is 4.98 Å². The Balaban J connectivity index is 0.00000128. The zero-order valence-electron chi connectivity index (χ0n) is 9.81. The van der Waals surface area contributed by atoms with Crippen molar-refractivity contribution in [3.05, 3.63) is 18.1 Å². The number of likely N-dealkylation sites (N-methyl/N-ethyl adjacent to an activating group) is 1. The molecule has 0 amide bonds. The van der Waals surface area contributed by atoms with E-state index in [2.05, 4.69) is 27.2 Å². The standard InChI is InChI=1S/C11H18N4.ClH/c1-9-11(14-7-6-12-9)15(2)8-10-4-3-5-13-10;/h6-7,10,13H,3-5,8H2,1-2H3;1H. The van der Waals surface area contributed by atoms with Gasteiger partial charge in [0.15, 0.2) is 0 Å². The van der Waals surface area contributed by atoms with Crippen molar-refractivity contribution in [2.45, 2.75) is 25.8 Å². The van der Waals surface area contributed by atoms with Crippen molar-refractivity contribution < 1.29 is 0 Å². The quantitative estimate of drug-likeness (QED) is 0.870. The van der Waals surface area contributed by atoms with Gasteiger partial charge in [-0.2, -0.15) is 0 Å².